The lowest BCUT2D eigenvalue weighted by Gasteiger charge is -2.24. The van der Waals surface area contributed by atoms with Gasteiger partial charge in [0.1, 0.15) is 0 Å². The Balaban J connectivity index is 1.86. The van der Waals surface area contributed by atoms with Crippen LogP contribution in [0.4, 0.5) is 5.69 Å². The molecule has 18 heavy (non-hydrogen) atoms. The minimum absolute atomic E-state index is 0.720. The van der Waals surface area contributed by atoms with E-state index in [2.05, 4.69) is 43.5 Å². The summed E-state index contributed by atoms with van der Waals surface area (Å²) in [6.45, 7) is 8.83. The SMILES string of the molecule is Cc1cc(C)c(NCCC2CCCCN2)c(C)c1. The Hall–Kier alpha value is -1.02. The van der Waals surface area contributed by atoms with Gasteiger partial charge in [-0.3, -0.25) is 0 Å². The summed E-state index contributed by atoms with van der Waals surface area (Å²) in [6.07, 6.45) is 5.31. The lowest BCUT2D eigenvalue weighted by molar-refractivity contribution is 0.389. The maximum Gasteiger partial charge on any atom is 0.0399 e. The number of hydrogen-bond acceptors (Lipinski definition) is 2. The van der Waals surface area contributed by atoms with Crippen LogP contribution in [0, 0.1) is 20.8 Å². The van der Waals surface area contributed by atoms with Crippen molar-refractivity contribution in [3.8, 4) is 0 Å². The molecule has 1 fully saturated rings. The molecule has 2 heteroatoms. The minimum Gasteiger partial charge on any atom is -0.385 e. The second-order valence-electron chi connectivity index (χ2n) is 5.64. The van der Waals surface area contributed by atoms with E-state index in [9.17, 15) is 0 Å². The van der Waals surface area contributed by atoms with Crippen LogP contribution in [0.1, 0.15) is 42.4 Å². The molecule has 1 unspecified atom stereocenters. The minimum atomic E-state index is 0.720. The average molecular weight is 246 g/mol. The molecule has 0 amide bonds. The Morgan fingerprint density at radius 2 is 1.89 bits per heavy atom. The molecule has 1 aromatic rings. The van der Waals surface area contributed by atoms with Crippen LogP contribution >= 0.6 is 0 Å². The maximum atomic E-state index is 3.62. The highest BCUT2D eigenvalue weighted by Crippen LogP contribution is 2.22. The number of nitrogens with one attached hydrogen (secondary N) is 2. The lowest BCUT2D eigenvalue weighted by Crippen LogP contribution is -2.35. The fraction of sp³-hybridized carbons (Fsp3) is 0.625. The Morgan fingerprint density at radius 3 is 2.50 bits per heavy atom. The van der Waals surface area contributed by atoms with Gasteiger partial charge in [0.15, 0.2) is 0 Å². The smallest absolute Gasteiger partial charge is 0.0399 e. The molecule has 100 valence electrons. The zero-order valence-corrected chi connectivity index (χ0v) is 12.0. The van der Waals surface area contributed by atoms with E-state index in [4.69, 9.17) is 0 Å². The van der Waals surface area contributed by atoms with E-state index >= 15 is 0 Å². The number of anilines is 1. The quantitative estimate of drug-likeness (QED) is 0.849. The highest BCUT2D eigenvalue weighted by atomic mass is 14.9. The second-order valence-corrected chi connectivity index (χ2v) is 5.64. The fourth-order valence-corrected chi connectivity index (χ4v) is 3.00. The molecule has 1 aliphatic heterocycles. The van der Waals surface area contributed by atoms with Crippen LogP contribution in [0.15, 0.2) is 12.1 Å². The third kappa shape index (κ3) is 3.49. The van der Waals surface area contributed by atoms with Gasteiger partial charge in [0.25, 0.3) is 0 Å². The molecule has 2 N–H and O–H groups in total. The Kier molecular flexibility index (Phi) is 4.65. The lowest BCUT2D eigenvalue weighted by atomic mass is 10.0. The van der Waals surface area contributed by atoms with Gasteiger partial charge in [0.2, 0.25) is 0 Å². The van der Waals surface area contributed by atoms with Crippen molar-refractivity contribution in [3.63, 3.8) is 0 Å². The van der Waals surface area contributed by atoms with Gasteiger partial charge in [0, 0.05) is 18.3 Å². The van der Waals surface area contributed by atoms with Crippen molar-refractivity contribution >= 4 is 5.69 Å². The molecular formula is C16H26N2. The van der Waals surface area contributed by atoms with Gasteiger partial charge in [0.05, 0.1) is 0 Å². The van der Waals surface area contributed by atoms with Gasteiger partial charge in [-0.1, -0.05) is 24.1 Å². The van der Waals surface area contributed by atoms with Crippen LogP contribution in [-0.2, 0) is 0 Å². The summed E-state index contributed by atoms with van der Waals surface area (Å²) >= 11 is 0. The molecule has 0 radical (unpaired) electrons. The van der Waals surface area contributed by atoms with Crippen LogP contribution in [0.2, 0.25) is 0 Å². The molecule has 0 saturated carbocycles. The number of piperidine rings is 1. The van der Waals surface area contributed by atoms with Crippen LogP contribution < -0.4 is 10.6 Å². The Bertz CT molecular complexity index is 369. The van der Waals surface area contributed by atoms with Crippen LogP contribution in [0.5, 0.6) is 0 Å². The molecule has 2 nitrogen and oxygen atoms in total. The first-order valence-electron chi connectivity index (χ1n) is 7.22. The molecule has 0 bridgehead atoms. The molecule has 0 spiro atoms. The molecule has 1 aliphatic rings. The van der Waals surface area contributed by atoms with Crippen molar-refractivity contribution in [2.24, 2.45) is 0 Å². The maximum absolute atomic E-state index is 3.62. The largest absolute Gasteiger partial charge is 0.385 e. The van der Waals surface area contributed by atoms with Crippen molar-refractivity contribution in [2.75, 3.05) is 18.4 Å². The van der Waals surface area contributed by atoms with Crippen molar-refractivity contribution in [1.82, 2.24) is 5.32 Å². The van der Waals surface area contributed by atoms with E-state index in [0.717, 1.165) is 12.6 Å². The van der Waals surface area contributed by atoms with E-state index in [-0.39, 0.29) is 0 Å². The predicted octanol–water partition coefficient (Wildman–Crippen LogP) is 3.56. The first-order chi connectivity index (χ1) is 8.66. The average Bonchev–Trinajstić information content (AvgIpc) is 2.34. The summed E-state index contributed by atoms with van der Waals surface area (Å²) in [5.41, 5.74) is 5.41. The zero-order valence-electron chi connectivity index (χ0n) is 12.0. The predicted molar refractivity (Wildman–Crippen MR) is 79.4 cm³/mol. The van der Waals surface area contributed by atoms with Gasteiger partial charge in [-0.15, -0.1) is 0 Å². The third-order valence-corrected chi connectivity index (χ3v) is 3.88. The van der Waals surface area contributed by atoms with Crippen LogP contribution in [0.25, 0.3) is 0 Å². The summed E-state index contributed by atoms with van der Waals surface area (Å²) in [6, 6.07) is 5.24. The van der Waals surface area contributed by atoms with E-state index < -0.39 is 0 Å². The highest BCUT2D eigenvalue weighted by Gasteiger charge is 2.12. The zero-order chi connectivity index (χ0) is 13.0. The van der Waals surface area contributed by atoms with Crippen molar-refractivity contribution < 1.29 is 0 Å². The summed E-state index contributed by atoms with van der Waals surface area (Å²) in [4.78, 5) is 0. The van der Waals surface area contributed by atoms with Gasteiger partial charge < -0.3 is 10.6 Å². The molecule has 1 heterocycles. The number of aryl methyl sites for hydroxylation is 3. The fourth-order valence-electron chi connectivity index (χ4n) is 3.00. The standard InChI is InChI=1S/C16H26N2/c1-12-10-13(2)16(14(3)11-12)18-9-7-15-6-4-5-8-17-15/h10-11,15,17-18H,4-9H2,1-3H3. The van der Waals surface area contributed by atoms with Gasteiger partial charge in [-0.25, -0.2) is 0 Å². The van der Waals surface area contributed by atoms with Crippen LogP contribution in [0.3, 0.4) is 0 Å². The summed E-state index contributed by atoms with van der Waals surface area (Å²) in [7, 11) is 0. The molecule has 2 rings (SSSR count). The number of rotatable bonds is 4. The molecule has 0 aliphatic carbocycles. The second kappa shape index (κ2) is 6.24. The van der Waals surface area contributed by atoms with Crippen molar-refractivity contribution in [3.05, 3.63) is 28.8 Å². The molecule has 1 atom stereocenters. The van der Waals surface area contributed by atoms with Gasteiger partial charge in [-0.05, 0) is 57.7 Å². The van der Waals surface area contributed by atoms with E-state index in [1.165, 1.54) is 54.6 Å². The van der Waals surface area contributed by atoms with Crippen molar-refractivity contribution in [1.29, 1.82) is 0 Å². The number of benzene rings is 1. The summed E-state index contributed by atoms with van der Waals surface area (Å²) in [5.74, 6) is 0. The monoisotopic (exact) mass is 246 g/mol. The van der Waals surface area contributed by atoms with E-state index in [0.29, 0.717) is 0 Å². The summed E-state index contributed by atoms with van der Waals surface area (Å²) < 4.78 is 0. The topological polar surface area (TPSA) is 24.1 Å². The number of hydrogen-bond donors (Lipinski definition) is 2. The molecule has 1 saturated heterocycles. The first-order valence-corrected chi connectivity index (χ1v) is 7.22. The van der Waals surface area contributed by atoms with E-state index in [1.807, 2.05) is 0 Å². The first kappa shape index (κ1) is 13.4. The normalized spacial score (nSPS) is 19.8. The molecular weight excluding hydrogens is 220 g/mol. The van der Waals surface area contributed by atoms with Gasteiger partial charge >= 0.3 is 0 Å². The Morgan fingerprint density at radius 1 is 1.17 bits per heavy atom. The van der Waals surface area contributed by atoms with E-state index in [1.54, 1.807) is 0 Å². The summed E-state index contributed by atoms with van der Waals surface area (Å²) in [5, 5.41) is 7.22. The third-order valence-electron chi connectivity index (χ3n) is 3.88. The molecule has 0 aromatic heterocycles. The Labute approximate surface area is 111 Å². The van der Waals surface area contributed by atoms with Crippen LogP contribution in [-0.4, -0.2) is 19.1 Å². The highest BCUT2D eigenvalue weighted by molar-refractivity contribution is 5.58. The van der Waals surface area contributed by atoms with Gasteiger partial charge in [-0.2, -0.15) is 0 Å². The molecule has 1 aromatic carbocycles. The van der Waals surface area contributed by atoms with Crippen molar-refractivity contribution in [2.45, 2.75) is 52.5 Å².